The molecule has 3 amide bonds. The summed E-state index contributed by atoms with van der Waals surface area (Å²) >= 11 is 2.74. The van der Waals surface area contributed by atoms with Crippen molar-refractivity contribution in [3.63, 3.8) is 0 Å². The Balaban J connectivity index is 1.36. The van der Waals surface area contributed by atoms with Crippen LogP contribution in [0.15, 0.2) is 52.9 Å². The minimum absolute atomic E-state index is 0.190. The van der Waals surface area contributed by atoms with E-state index in [1.54, 1.807) is 28.6 Å². The highest BCUT2D eigenvalue weighted by atomic mass is 32.2. The van der Waals surface area contributed by atoms with Gasteiger partial charge in [-0.05, 0) is 31.2 Å². The van der Waals surface area contributed by atoms with Crippen LogP contribution in [-0.2, 0) is 10.0 Å². The molecule has 1 fully saturated rings. The van der Waals surface area contributed by atoms with E-state index in [-0.39, 0.29) is 43.0 Å². The summed E-state index contributed by atoms with van der Waals surface area (Å²) in [6, 6.07) is 12.1. The number of thiazole rings is 1. The maximum atomic E-state index is 13.6. The van der Waals surface area contributed by atoms with Crippen LogP contribution in [-0.4, -0.2) is 67.3 Å². The summed E-state index contributed by atoms with van der Waals surface area (Å²) in [5.74, 6) is -0.225. The zero-order valence-electron chi connectivity index (χ0n) is 18.9. The number of amides is 3. The smallest absolute Gasteiger partial charge is 0.319 e. The first-order valence-electron chi connectivity index (χ1n) is 11.1. The van der Waals surface area contributed by atoms with Crippen LogP contribution < -0.4 is 10.6 Å². The van der Waals surface area contributed by atoms with Crippen molar-refractivity contribution in [3.8, 4) is 0 Å². The maximum Gasteiger partial charge on any atom is 0.319 e. The Morgan fingerprint density at radius 1 is 1.06 bits per heavy atom. The molecule has 0 bridgehead atoms. The first kappa shape index (κ1) is 23.7. The number of thiophene rings is 1. The molecule has 4 aromatic rings. The van der Waals surface area contributed by atoms with E-state index in [4.69, 9.17) is 0 Å². The highest BCUT2D eigenvalue weighted by Gasteiger charge is 2.32. The molecule has 2 N–H and O–H groups in total. The van der Waals surface area contributed by atoms with Gasteiger partial charge in [-0.2, -0.15) is 4.31 Å². The second-order valence-electron chi connectivity index (χ2n) is 7.96. The number of anilines is 1. The Morgan fingerprint density at radius 3 is 2.60 bits per heavy atom. The molecule has 1 saturated heterocycles. The first-order valence-corrected chi connectivity index (χ1v) is 14.2. The number of hydrogen-bond donors (Lipinski definition) is 2. The van der Waals surface area contributed by atoms with Crippen molar-refractivity contribution in [1.82, 2.24) is 19.5 Å². The van der Waals surface area contributed by atoms with E-state index >= 15 is 0 Å². The molecule has 35 heavy (non-hydrogen) atoms. The molecule has 0 spiro atoms. The Morgan fingerprint density at radius 2 is 1.83 bits per heavy atom. The summed E-state index contributed by atoms with van der Waals surface area (Å²) in [5.41, 5.74) is 2.89. The standard InChI is InChI=1S/C23H23N5O4S3/c1-2-24-23(30)26-21-20(16-5-3-4-6-18(16)34-21)22(29)27-9-11-28(12-10-27)35(31,32)15-7-8-17-19(13-15)33-14-25-17/h3-8,13-14H,2,9-12H2,1H3,(H2,24,26,30). The highest BCUT2D eigenvalue weighted by Crippen LogP contribution is 2.37. The number of nitrogens with one attached hydrogen (secondary N) is 2. The monoisotopic (exact) mass is 529 g/mol. The molecule has 5 rings (SSSR count). The van der Waals surface area contributed by atoms with Gasteiger partial charge < -0.3 is 10.2 Å². The van der Waals surface area contributed by atoms with Gasteiger partial charge in [0.1, 0.15) is 5.00 Å². The number of urea groups is 1. The summed E-state index contributed by atoms with van der Waals surface area (Å²) in [6.45, 7) is 3.18. The molecular weight excluding hydrogens is 506 g/mol. The third-order valence-corrected chi connectivity index (χ3v) is 9.61. The van der Waals surface area contributed by atoms with Crippen molar-refractivity contribution < 1.29 is 18.0 Å². The second kappa shape index (κ2) is 9.53. The summed E-state index contributed by atoms with van der Waals surface area (Å²) in [5, 5.41) is 6.73. The minimum Gasteiger partial charge on any atom is -0.338 e. The van der Waals surface area contributed by atoms with Gasteiger partial charge in [0.15, 0.2) is 0 Å². The zero-order valence-corrected chi connectivity index (χ0v) is 21.3. The fourth-order valence-electron chi connectivity index (χ4n) is 4.09. The molecule has 0 aliphatic carbocycles. The van der Waals surface area contributed by atoms with Crippen LogP contribution >= 0.6 is 22.7 Å². The predicted octanol–water partition coefficient (Wildman–Crippen LogP) is 3.80. The highest BCUT2D eigenvalue weighted by molar-refractivity contribution is 7.89. The lowest BCUT2D eigenvalue weighted by Crippen LogP contribution is -2.50. The SMILES string of the molecule is CCNC(=O)Nc1sc2ccccc2c1C(=O)N1CCN(S(=O)(=O)c2ccc3ncsc3c2)CC1. The van der Waals surface area contributed by atoms with E-state index in [0.29, 0.717) is 17.1 Å². The fourth-order valence-corrected chi connectivity index (χ4v) is 7.42. The van der Waals surface area contributed by atoms with E-state index in [9.17, 15) is 18.0 Å². The average molecular weight is 530 g/mol. The average Bonchev–Trinajstić information content (AvgIpc) is 3.47. The molecule has 2 aromatic carbocycles. The zero-order chi connectivity index (χ0) is 24.6. The Kier molecular flexibility index (Phi) is 6.45. The molecule has 0 saturated carbocycles. The molecule has 0 atom stereocenters. The predicted molar refractivity (Wildman–Crippen MR) is 139 cm³/mol. The molecule has 9 nitrogen and oxygen atoms in total. The number of hydrogen-bond acceptors (Lipinski definition) is 7. The summed E-state index contributed by atoms with van der Waals surface area (Å²) in [4.78, 5) is 31.8. The van der Waals surface area contributed by atoms with Crippen LogP contribution in [0.1, 0.15) is 17.3 Å². The van der Waals surface area contributed by atoms with E-state index in [2.05, 4.69) is 15.6 Å². The number of piperazine rings is 1. The lowest BCUT2D eigenvalue weighted by Gasteiger charge is -2.34. The van der Waals surface area contributed by atoms with Gasteiger partial charge in [0.05, 0.1) is 26.2 Å². The van der Waals surface area contributed by atoms with Gasteiger partial charge in [-0.1, -0.05) is 18.2 Å². The third-order valence-electron chi connectivity index (χ3n) is 5.84. The maximum absolute atomic E-state index is 13.6. The number of carbonyl (C=O) groups is 2. The third kappa shape index (κ3) is 4.49. The van der Waals surface area contributed by atoms with Crippen LogP contribution in [0.3, 0.4) is 0 Å². The minimum atomic E-state index is -3.69. The van der Waals surface area contributed by atoms with E-state index in [1.807, 2.05) is 31.2 Å². The Labute approximate surface area is 210 Å². The lowest BCUT2D eigenvalue weighted by molar-refractivity contribution is 0.0701. The largest absolute Gasteiger partial charge is 0.338 e. The lowest BCUT2D eigenvalue weighted by atomic mass is 10.1. The summed E-state index contributed by atoms with van der Waals surface area (Å²) < 4.78 is 29.6. The number of benzene rings is 2. The van der Waals surface area contributed by atoms with Gasteiger partial charge in [0.25, 0.3) is 5.91 Å². The van der Waals surface area contributed by atoms with Crippen molar-refractivity contribution in [1.29, 1.82) is 0 Å². The van der Waals surface area contributed by atoms with Gasteiger partial charge in [0, 0.05) is 42.8 Å². The normalized spacial score (nSPS) is 14.9. The second-order valence-corrected chi connectivity index (χ2v) is 11.8. The van der Waals surface area contributed by atoms with Crippen LogP contribution in [0.2, 0.25) is 0 Å². The van der Waals surface area contributed by atoms with Crippen molar-refractivity contribution in [2.24, 2.45) is 0 Å². The van der Waals surface area contributed by atoms with Gasteiger partial charge in [-0.25, -0.2) is 18.2 Å². The number of fused-ring (bicyclic) bond motifs is 2. The summed E-state index contributed by atoms with van der Waals surface area (Å²) in [7, 11) is -3.69. The first-order chi connectivity index (χ1) is 16.9. The van der Waals surface area contributed by atoms with E-state index < -0.39 is 10.0 Å². The van der Waals surface area contributed by atoms with Gasteiger partial charge in [-0.15, -0.1) is 22.7 Å². The molecule has 2 aromatic heterocycles. The fraction of sp³-hybridized carbons (Fsp3) is 0.261. The molecule has 12 heteroatoms. The van der Waals surface area contributed by atoms with Gasteiger partial charge in [0.2, 0.25) is 10.0 Å². The Hall–Kier alpha value is -3.06. The van der Waals surface area contributed by atoms with Gasteiger partial charge >= 0.3 is 6.03 Å². The van der Waals surface area contributed by atoms with Crippen molar-refractivity contribution in [2.75, 3.05) is 38.0 Å². The van der Waals surface area contributed by atoms with Gasteiger partial charge in [-0.3, -0.25) is 10.1 Å². The number of carbonyl (C=O) groups excluding carboxylic acids is 2. The molecule has 1 aliphatic rings. The van der Waals surface area contributed by atoms with Crippen LogP contribution in [0.25, 0.3) is 20.3 Å². The number of sulfonamides is 1. The molecule has 3 heterocycles. The van der Waals surface area contributed by atoms with Crippen LogP contribution in [0.5, 0.6) is 0 Å². The molecule has 1 aliphatic heterocycles. The van der Waals surface area contributed by atoms with Crippen LogP contribution in [0, 0.1) is 0 Å². The number of nitrogens with zero attached hydrogens (tertiary/aromatic N) is 3. The van der Waals surface area contributed by atoms with Crippen molar-refractivity contribution in [3.05, 3.63) is 53.5 Å². The molecule has 0 radical (unpaired) electrons. The summed E-state index contributed by atoms with van der Waals surface area (Å²) in [6.07, 6.45) is 0. The number of aromatic nitrogens is 1. The molecule has 0 unspecified atom stereocenters. The van der Waals surface area contributed by atoms with Crippen molar-refractivity contribution >= 4 is 69.9 Å². The van der Waals surface area contributed by atoms with Crippen LogP contribution in [0.4, 0.5) is 9.80 Å². The van der Waals surface area contributed by atoms with Crippen molar-refractivity contribution in [2.45, 2.75) is 11.8 Å². The van der Waals surface area contributed by atoms with E-state index in [0.717, 1.165) is 20.3 Å². The number of rotatable bonds is 5. The quantitative estimate of drug-likeness (QED) is 0.409. The molecular formula is C23H23N5O4S3. The van der Waals surface area contributed by atoms with E-state index in [1.165, 1.54) is 27.0 Å². The topological polar surface area (TPSA) is 112 Å². The Bertz CT molecular complexity index is 1520. The molecule has 182 valence electrons.